The molecule has 166 valence electrons. The van der Waals surface area contributed by atoms with Crippen LogP contribution in [0.15, 0.2) is 60.8 Å². The maximum atomic E-state index is 12.7. The van der Waals surface area contributed by atoms with Gasteiger partial charge in [0.1, 0.15) is 5.82 Å². The first-order valence-corrected chi connectivity index (χ1v) is 10.8. The molecule has 0 saturated carbocycles. The third kappa shape index (κ3) is 3.59. The Kier molecular flexibility index (Phi) is 5.05. The number of benzene rings is 2. The summed E-state index contributed by atoms with van der Waals surface area (Å²) in [4.78, 5) is 25.3. The van der Waals surface area contributed by atoms with E-state index in [0.717, 1.165) is 28.4 Å². The van der Waals surface area contributed by atoms with Crippen LogP contribution in [0.3, 0.4) is 0 Å². The van der Waals surface area contributed by atoms with Crippen molar-refractivity contribution in [1.82, 2.24) is 19.2 Å². The predicted octanol–water partition coefficient (Wildman–Crippen LogP) is 4.35. The third-order valence-corrected chi connectivity index (χ3v) is 5.82. The van der Waals surface area contributed by atoms with Gasteiger partial charge in [-0.1, -0.05) is 18.2 Å². The zero-order valence-electron chi connectivity index (χ0n) is 18.6. The van der Waals surface area contributed by atoms with E-state index in [1.165, 1.54) is 0 Å². The number of esters is 1. The van der Waals surface area contributed by atoms with Crippen LogP contribution in [0.4, 0.5) is 5.69 Å². The van der Waals surface area contributed by atoms with Gasteiger partial charge in [0.25, 0.3) is 5.91 Å². The summed E-state index contributed by atoms with van der Waals surface area (Å²) in [5.74, 6) is -0.331. The van der Waals surface area contributed by atoms with E-state index in [0.29, 0.717) is 22.7 Å². The van der Waals surface area contributed by atoms with Crippen LogP contribution in [0.5, 0.6) is 0 Å². The highest BCUT2D eigenvalue weighted by Gasteiger charge is 2.20. The van der Waals surface area contributed by atoms with Crippen LogP contribution in [0.25, 0.3) is 27.5 Å². The second kappa shape index (κ2) is 8.05. The molecule has 2 aromatic carbocycles. The minimum atomic E-state index is -0.970. The van der Waals surface area contributed by atoms with Crippen molar-refractivity contribution in [1.29, 1.82) is 0 Å². The van der Waals surface area contributed by atoms with Crippen molar-refractivity contribution < 1.29 is 14.3 Å². The molecule has 0 radical (unpaired) electrons. The molecule has 5 rings (SSSR count). The molecular formula is C25H23N5O3. The summed E-state index contributed by atoms with van der Waals surface area (Å²) in [5, 5.41) is 13.0. The van der Waals surface area contributed by atoms with Gasteiger partial charge in [-0.2, -0.15) is 0 Å². The number of rotatable bonds is 5. The highest BCUT2D eigenvalue weighted by atomic mass is 16.5. The van der Waals surface area contributed by atoms with Crippen molar-refractivity contribution in [3.05, 3.63) is 72.2 Å². The van der Waals surface area contributed by atoms with Crippen LogP contribution in [-0.4, -0.2) is 37.1 Å². The molecule has 0 spiro atoms. The monoisotopic (exact) mass is 441 g/mol. The van der Waals surface area contributed by atoms with Crippen molar-refractivity contribution >= 4 is 45.0 Å². The molecule has 0 aliphatic heterocycles. The molecule has 0 bridgehead atoms. The Balaban J connectivity index is 1.34. The molecule has 33 heavy (non-hydrogen) atoms. The van der Waals surface area contributed by atoms with Gasteiger partial charge in [-0.15, -0.1) is 10.2 Å². The lowest BCUT2D eigenvalue weighted by Gasteiger charge is -2.14. The SMILES string of the molecule is CCn1c2ccccc2c2cc(NC(=O)C(C)OC(=O)c3ccc4nnc(C)n4c3)ccc21. The number of nitrogens with zero attached hydrogens (tertiary/aromatic N) is 4. The molecule has 1 amide bonds. The molecule has 1 atom stereocenters. The highest BCUT2D eigenvalue weighted by molar-refractivity contribution is 6.10. The van der Waals surface area contributed by atoms with Crippen molar-refractivity contribution in [2.45, 2.75) is 33.4 Å². The number of hydrogen-bond donors (Lipinski definition) is 1. The van der Waals surface area contributed by atoms with E-state index in [4.69, 9.17) is 4.74 Å². The summed E-state index contributed by atoms with van der Waals surface area (Å²) in [7, 11) is 0. The van der Waals surface area contributed by atoms with E-state index in [9.17, 15) is 9.59 Å². The second-order valence-corrected chi connectivity index (χ2v) is 7.92. The van der Waals surface area contributed by atoms with Gasteiger partial charge >= 0.3 is 5.97 Å². The lowest BCUT2D eigenvalue weighted by molar-refractivity contribution is -0.123. The fourth-order valence-electron chi connectivity index (χ4n) is 4.12. The number of amides is 1. The molecule has 0 aliphatic rings. The van der Waals surface area contributed by atoms with Crippen LogP contribution in [0, 0.1) is 6.92 Å². The van der Waals surface area contributed by atoms with Crippen molar-refractivity contribution in [3.8, 4) is 0 Å². The lowest BCUT2D eigenvalue weighted by Crippen LogP contribution is -2.30. The Labute approximate surface area is 189 Å². The van der Waals surface area contributed by atoms with Crippen LogP contribution in [-0.2, 0) is 16.1 Å². The van der Waals surface area contributed by atoms with Gasteiger partial charge in [0.15, 0.2) is 11.8 Å². The molecule has 3 heterocycles. The Bertz CT molecular complexity index is 1530. The summed E-state index contributed by atoms with van der Waals surface area (Å²) in [6, 6.07) is 17.3. The first kappa shape index (κ1) is 20.7. The molecule has 1 N–H and O–H groups in total. The maximum Gasteiger partial charge on any atom is 0.340 e. The minimum Gasteiger partial charge on any atom is -0.449 e. The van der Waals surface area contributed by atoms with Crippen molar-refractivity contribution in [2.75, 3.05) is 5.32 Å². The summed E-state index contributed by atoms with van der Waals surface area (Å²) in [6.45, 7) is 6.31. The van der Waals surface area contributed by atoms with E-state index in [1.807, 2.05) is 30.3 Å². The Morgan fingerprint density at radius 3 is 2.64 bits per heavy atom. The number of hydrogen-bond acceptors (Lipinski definition) is 5. The number of para-hydroxylation sites is 1. The van der Waals surface area contributed by atoms with Gasteiger partial charge in [-0.05, 0) is 57.2 Å². The normalized spacial score (nSPS) is 12.3. The van der Waals surface area contributed by atoms with Crippen LogP contribution < -0.4 is 5.32 Å². The number of fused-ring (bicyclic) bond motifs is 4. The number of aryl methyl sites for hydroxylation is 2. The zero-order valence-corrected chi connectivity index (χ0v) is 18.6. The first-order chi connectivity index (χ1) is 16.0. The molecule has 5 aromatic rings. The van der Waals surface area contributed by atoms with E-state index in [2.05, 4.69) is 39.1 Å². The molecule has 3 aromatic heterocycles. The van der Waals surface area contributed by atoms with Gasteiger partial charge in [-0.3, -0.25) is 9.20 Å². The molecule has 0 fully saturated rings. The van der Waals surface area contributed by atoms with Gasteiger partial charge < -0.3 is 14.6 Å². The molecule has 0 aliphatic carbocycles. The molecule has 8 nitrogen and oxygen atoms in total. The summed E-state index contributed by atoms with van der Waals surface area (Å²) in [5.41, 5.74) is 3.86. The summed E-state index contributed by atoms with van der Waals surface area (Å²) in [6.07, 6.45) is 0.637. The first-order valence-electron chi connectivity index (χ1n) is 10.8. The Morgan fingerprint density at radius 1 is 1.03 bits per heavy atom. The van der Waals surface area contributed by atoms with Crippen molar-refractivity contribution in [3.63, 3.8) is 0 Å². The quantitative estimate of drug-likeness (QED) is 0.410. The second-order valence-electron chi connectivity index (χ2n) is 7.92. The van der Waals surface area contributed by atoms with Crippen LogP contribution in [0.2, 0.25) is 0 Å². The fourth-order valence-corrected chi connectivity index (χ4v) is 4.12. The highest BCUT2D eigenvalue weighted by Crippen LogP contribution is 2.31. The largest absolute Gasteiger partial charge is 0.449 e. The number of nitrogens with one attached hydrogen (secondary N) is 1. The van der Waals surface area contributed by atoms with Crippen LogP contribution >= 0.6 is 0 Å². The van der Waals surface area contributed by atoms with E-state index < -0.39 is 18.0 Å². The standard InChI is InChI=1S/C25H23N5O3/c1-4-29-21-8-6-5-7-19(21)20-13-18(10-11-22(20)29)26-24(31)15(2)33-25(32)17-9-12-23-28-27-16(3)30(23)14-17/h5-15H,4H2,1-3H3,(H,26,31). The number of pyridine rings is 1. The van der Waals surface area contributed by atoms with E-state index in [1.54, 1.807) is 36.6 Å². The average molecular weight is 441 g/mol. The lowest BCUT2D eigenvalue weighted by atomic mass is 10.1. The zero-order chi connectivity index (χ0) is 23.1. The summed E-state index contributed by atoms with van der Waals surface area (Å²) >= 11 is 0. The van der Waals surface area contributed by atoms with Gasteiger partial charge in [0.05, 0.1) is 5.56 Å². The third-order valence-electron chi connectivity index (χ3n) is 5.82. The molecular weight excluding hydrogens is 418 g/mol. The molecule has 1 unspecified atom stereocenters. The van der Waals surface area contributed by atoms with Gasteiger partial charge in [0.2, 0.25) is 0 Å². The number of carbonyl (C=O) groups is 2. The van der Waals surface area contributed by atoms with Crippen LogP contribution in [0.1, 0.15) is 30.0 Å². The molecule has 8 heteroatoms. The number of ether oxygens (including phenoxy) is 1. The maximum absolute atomic E-state index is 12.7. The van der Waals surface area contributed by atoms with Crippen molar-refractivity contribution in [2.24, 2.45) is 0 Å². The molecule has 0 saturated heterocycles. The smallest absolute Gasteiger partial charge is 0.340 e. The predicted molar refractivity (Wildman–Crippen MR) is 126 cm³/mol. The van der Waals surface area contributed by atoms with Gasteiger partial charge in [-0.25, -0.2) is 4.79 Å². The van der Waals surface area contributed by atoms with Gasteiger partial charge in [0, 0.05) is 40.2 Å². The number of carbonyl (C=O) groups excluding carboxylic acids is 2. The van der Waals surface area contributed by atoms with E-state index >= 15 is 0 Å². The number of anilines is 1. The Morgan fingerprint density at radius 2 is 1.82 bits per heavy atom. The van der Waals surface area contributed by atoms with E-state index in [-0.39, 0.29) is 0 Å². The summed E-state index contributed by atoms with van der Waals surface area (Å²) < 4.78 is 9.35. The number of aromatic nitrogens is 4. The fraction of sp³-hybridized carbons (Fsp3) is 0.200. The topological polar surface area (TPSA) is 90.5 Å². The average Bonchev–Trinajstić information content (AvgIpc) is 3.35. The minimum absolute atomic E-state index is 0.318. The Hall–Kier alpha value is -4.20.